The van der Waals surface area contributed by atoms with Crippen molar-refractivity contribution in [2.75, 3.05) is 0 Å². The molecule has 2 fully saturated rings. The van der Waals surface area contributed by atoms with Gasteiger partial charge in [0.25, 0.3) is 0 Å². The van der Waals surface area contributed by atoms with Gasteiger partial charge in [-0.2, -0.15) is 0 Å². The van der Waals surface area contributed by atoms with E-state index in [1.807, 2.05) is 0 Å². The van der Waals surface area contributed by atoms with E-state index in [-0.39, 0.29) is 11.9 Å². The van der Waals surface area contributed by atoms with E-state index >= 15 is 0 Å². The van der Waals surface area contributed by atoms with Crippen molar-refractivity contribution in [2.45, 2.75) is 63.5 Å². The zero-order chi connectivity index (χ0) is 13.8. The van der Waals surface area contributed by atoms with Gasteiger partial charge < -0.3 is 15.5 Å². The van der Waals surface area contributed by atoms with Crippen molar-refractivity contribution < 1.29 is 19.8 Å². The number of nitrogens with one attached hydrogen (secondary N) is 1. The lowest BCUT2D eigenvalue weighted by atomic mass is 9.78. The quantitative estimate of drug-likeness (QED) is 0.720. The van der Waals surface area contributed by atoms with Crippen LogP contribution >= 0.6 is 0 Å². The Bertz CT molecular complexity index is 344. The Kier molecular flexibility index (Phi) is 4.80. The van der Waals surface area contributed by atoms with E-state index in [4.69, 9.17) is 0 Å². The van der Waals surface area contributed by atoms with Gasteiger partial charge in [-0.1, -0.05) is 25.7 Å². The summed E-state index contributed by atoms with van der Waals surface area (Å²) in [4.78, 5) is 23.4. The van der Waals surface area contributed by atoms with Crippen LogP contribution in [-0.4, -0.2) is 34.2 Å². The van der Waals surface area contributed by atoms with Crippen LogP contribution < -0.4 is 5.32 Å². The molecule has 2 unspecified atom stereocenters. The van der Waals surface area contributed by atoms with Gasteiger partial charge in [-0.3, -0.25) is 9.59 Å². The number of hydrogen-bond donors (Lipinski definition) is 3. The largest absolute Gasteiger partial charge is 0.481 e. The molecular formula is C14H23NO4. The first-order valence-corrected chi connectivity index (χ1v) is 7.31. The molecule has 2 aliphatic rings. The molecule has 0 saturated heterocycles. The van der Waals surface area contributed by atoms with Gasteiger partial charge in [0.1, 0.15) is 0 Å². The molecule has 108 valence electrons. The Labute approximate surface area is 113 Å². The second kappa shape index (κ2) is 6.37. The van der Waals surface area contributed by atoms with Crippen LogP contribution in [0.1, 0.15) is 51.4 Å². The Hall–Kier alpha value is -1.10. The second-order valence-corrected chi connectivity index (χ2v) is 5.80. The standard InChI is InChI=1S/C14H23NO4/c16-12-8-4-3-7-11(12)15-13(17)9-5-1-2-6-10(9)14(18)19/h9-12,16H,1-8H2,(H,15,17)(H,18,19)/t9?,10?,11-,12-/m0/s1. The second-order valence-electron chi connectivity index (χ2n) is 5.80. The van der Waals surface area contributed by atoms with Crippen LogP contribution in [0.4, 0.5) is 0 Å². The summed E-state index contributed by atoms with van der Waals surface area (Å²) in [6, 6.07) is -0.197. The maximum atomic E-state index is 12.2. The number of aliphatic hydroxyl groups is 1. The molecule has 2 rings (SSSR count). The van der Waals surface area contributed by atoms with E-state index in [0.717, 1.165) is 38.5 Å². The predicted molar refractivity (Wildman–Crippen MR) is 69.5 cm³/mol. The third-order valence-electron chi connectivity index (χ3n) is 4.48. The summed E-state index contributed by atoms with van der Waals surface area (Å²) < 4.78 is 0. The van der Waals surface area contributed by atoms with Gasteiger partial charge in [-0.25, -0.2) is 0 Å². The van der Waals surface area contributed by atoms with Crippen LogP contribution in [0.2, 0.25) is 0 Å². The van der Waals surface area contributed by atoms with Crippen LogP contribution in [0.3, 0.4) is 0 Å². The molecule has 0 spiro atoms. The molecule has 0 bridgehead atoms. The normalized spacial score (nSPS) is 35.6. The van der Waals surface area contributed by atoms with Crippen LogP contribution in [-0.2, 0) is 9.59 Å². The predicted octanol–water partition coefficient (Wildman–Crippen LogP) is 1.30. The fourth-order valence-electron chi connectivity index (χ4n) is 3.31. The first kappa shape index (κ1) is 14.3. The lowest BCUT2D eigenvalue weighted by Gasteiger charge is -2.32. The Morgan fingerprint density at radius 3 is 2.11 bits per heavy atom. The fourth-order valence-corrected chi connectivity index (χ4v) is 3.31. The lowest BCUT2D eigenvalue weighted by molar-refractivity contribution is -0.149. The highest BCUT2D eigenvalue weighted by Gasteiger charge is 2.37. The van der Waals surface area contributed by atoms with Crippen LogP contribution in [0.15, 0.2) is 0 Å². The van der Waals surface area contributed by atoms with Crippen molar-refractivity contribution >= 4 is 11.9 Å². The van der Waals surface area contributed by atoms with Gasteiger partial charge >= 0.3 is 5.97 Å². The Morgan fingerprint density at radius 1 is 0.895 bits per heavy atom. The monoisotopic (exact) mass is 269 g/mol. The first-order valence-electron chi connectivity index (χ1n) is 7.31. The molecule has 4 atom stereocenters. The van der Waals surface area contributed by atoms with E-state index < -0.39 is 23.9 Å². The highest BCUT2D eigenvalue weighted by molar-refractivity contribution is 5.85. The molecule has 5 nitrogen and oxygen atoms in total. The first-order chi connectivity index (χ1) is 9.09. The molecule has 2 saturated carbocycles. The van der Waals surface area contributed by atoms with Gasteiger partial charge in [0.05, 0.1) is 24.0 Å². The maximum absolute atomic E-state index is 12.2. The Balaban J connectivity index is 1.95. The number of aliphatic hydroxyl groups excluding tert-OH is 1. The number of aliphatic carboxylic acids is 1. The number of carbonyl (C=O) groups is 2. The number of carbonyl (C=O) groups excluding carboxylic acids is 1. The van der Waals surface area contributed by atoms with E-state index in [2.05, 4.69) is 5.32 Å². The fraction of sp³-hybridized carbons (Fsp3) is 0.857. The molecule has 0 aromatic carbocycles. The number of carboxylic acids is 1. The number of hydrogen-bond acceptors (Lipinski definition) is 3. The number of carboxylic acid groups (broad SMARTS) is 1. The summed E-state index contributed by atoms with van der Waals surface area (Å²) >= 11 is 0. The van der Waals surface area contributed by atoms with E-state index in [1.54, 1.807) is 0 Å². The van der Waals surface area contributed by atoms with E-state index in [1.165, 1.54) is 0 Å². The zero-order valence-corrected chi connectivity index (χ0v) is 11.2. The molecule has 3 N–H and O–H groups in total. The summed E-state index contributed by atoms with van der Waals surface area (Å²) in [5.74, 6) is -2.04. The smallest absolute Gasteiger partial charge is 0.307 e. The number of rotatable bonds is 3. The van der Waals surface area contributed by atoms with Gasteiger partial charge in [0, 0.05) is 0 Å². The van der Waals surface area contributed by atoms with Crippen LogP contribution in [0.25, 0.3) is 0 Å². The summed E-state index contributed by atoms with van der Waals surface area (Å²) in [7, 11) is 0. The van der Waals surface area contributed by atoms with Gasteiger partial charge in [0.15, 0.2) is 0 Å². The minimum absolute atomic E-state index is 0.182. The molecule has 19 heavy (non-hydrogen) atoms. The minimum atomic E-state index is -0.871. The molecule has 1 amide bonds. The van der Waals surface area contributed by atoms with Crippen LogP contribution in [0.5, 0.6) is 0 Å². The molecule has 2 aliphatic carbocycles. The van der Waals surface area contributed by atoms with Crippen molar-refractivity contribution in [2.24, 2.45) is 11.8 Å². The summed E-state index contributed by atoms with van der Waals surface area (Å²) in [6.45, 7) is 0. The molecule has 0 radical (unpaired) electrons. The molecule has 5 heteroatoms. The maximum Gasteiger partial charge on any atom is 0.307 e. The molecule has 0 aromatic heterocycles. The van der Waals surface area contributed by atoms with Crippen LogP contribution in [0, 0.1) is 11.8 Å². The van der Waals surface area contributed by atoms with Crippen molar-refractivity contribution in [3.05, 3.63) is 0 Å². The zero-order valence-electron chi connectivity index (χ0n) is 11.2. The SMILES string of the molecule is O=C(O)C1CCCCC1C(=O)N[C@H]1CCCC[C@@H]1O. The van der Waals surface area contributed by atoms with Gasteiger partial charge in [0.2, 0.25) is 5.91 Å². The van der Waals surface area contributed by atoms with Crippen molar-refractivity contribution in [3.8, 4) is 0 Å². The highest BCUT2D eigenvalue weighted by atomic mass is 16.4. The summed E-state index contributed by atoms with van der Waals surface area (Å²) in [6.07, 6.45) is 6.05. The molecule has 0 aromatic rings. The highest BCUT2D eigenvalue weighted by Crippen LogP contribution is 2.31. The third kappa shape index (κ3) is 3.47. The average Bonchev–Trinajstić information content (AvgIpc) is 2.41. The van der Waals surface area contributed by atoms with Crippen molar-refractivity contribution in [1.82, 2.24) is 5.32 Å². The van der Waals surface area contributed by atoms with Crippen molar-refractivity contribution in [1.29, 1.82) is 0 Å². The topological polar surface area (TPSA) is 86.6 Å². The van der Waals surface area contributed by atoms with E-state index in [0.29, 0.717) is 12.8 Å². The number of amides is 1. The van der Waals surface area contributed by atoms with Gasteiger partial charge in [-0.15, -0.1) is 0 Å². The molecular weight excluding hydrogens is 246 g/mol. The van der Waals surface area contributed by atoms with Crippen molar-refractivity contribution in [3.63, 3.8) is 0 Å². The molecule has 0 aliphatic heterocycles. The lowest BCUT2D eigenvalue weighted by Crippen LogP contribution is -2.49. The average molecular weight is 269 g/mol. The summed E-state index contributed by atoms with van der Waals surface area (Å²) in [5.41, 5.74) is 0. The summed E-state index contributed by atoms with van der Waals surface area (Å²) in [5, 5.41) is 21.9. The minimum Gasteiger partial charge on any atom is -0.481 e. The molecule has 0 heterocycles. The van der Waals surface area contributed by atoms with E-state index in [9.17, 15) is 19.8 Å². The van der Waals surface area contributed by atoms with Gasteiger partial charge in [-0.05, 0) is 25.7 Å². The third-order valence-corrected chi connectivity index (χ3v) is 4.48. The Morgan fingerprint density at radius 2 is 1.47 bits per heavy atom.